The maximum absolute atomic E-state index is 6.37. The van der Waals surface area contributed by atoms with Crippen LogP contribution in [0.3, 0.4) is 0 Å². The van der Waals surface area contributed by atoms with Gasteiger partial charge in [-0.3, -0.25) is 0 Å². The van der Waals surface area contributed by atoms with E-state index in [0.717, 1.165) is 56.8 Å². The molecule has 0 saturated heterocycles. The Hall–Kier alpha value is -3.06. The van der Waals surface area contributed by atoms with Crippen LogP contribution in [-0.2, 0) is 0 Å². The van der Waals surface area contributed by atoms with Gasteiger partial charge in [-0.2, -0.15) is 0 Å². The molecule has 0 N–H and O–H groups in total. The lowest BCUT2D eigenvalue weighted by Gasteiger charge is -2.39. The van der Waals surface area contributed by atoms with Gasteiger partial charge in [0.15, 0.2) is 0 Å². The van der Waals surface area contributed by atoms with Crippen LogP contribution in [0, 0.1) is 0 Å². The molecule has 336 valence electrons. The van der Waals surface area contributed by atoms with Gasteiger partial charge in [-0.1, -0.05) is 154 Å². The SMILES string of the molecule is CC(C)Oc1cccc(OC(C)C)c1-c1ccccc1P(C1CCCCC1)C1CCCCC1.COc1cccc(OC)c1-c1ccccc1P(C1CCCCC1)C1CCCCC1. The van der Waals surface area contributed by atoms with Crippen LogP contribution in [0.15, 0.2) is 84.9 Å². The van der Waals surface area contributed by atoms with Gasteiger partial charge in [-0.25, -0.2) is 0 Å². The zero-order valence-corrected chi connectivity index (χ0v) is 41.0. The Morgan fingerprint density at radius 1 is 0.371 bits per heavy atom. The van der Waals surface area contributed by atoms with E-state index in [9.17, 15) is 0 Å². The average molecular weight is 877 g/mol. The minimum absolute atomic E-state index is 0.128. The van der Waals surface area contributed by atoms with E-state index in [-0.39, 0.29) is 28.1 Å². The Morgan fingerprint density at radius 2 is 0.661 bits per heavy atom. The van der Waals surface area contributed by atoms with Crippen LogP contribution in [0.25, 0.3) is 22.3 Å². The number of hydrogen-bond acceptors (Lipinski definition) is 4. The van der Waals surface area contributed by atoms with E-state index in [2.05, 4.69) is 107 Å². The molecule has 4 nitrogen and oxygen atoms in total. The lowest BCUT2D eigenvalue weighted by atomic mass is 9.99. The Bertz CT molecular complexity index is 1860. The highest BCUT2D eigenvalue weighted by molar-refractivity contribution is 7.67. The van der Waals surface area contributed by atoms with Gasteiger partial charge in [0, 0.05) is 0 Å². The number of methoxy groups -OCH3 is 2. The minimum atomic E-state index is -0.213. The van der Waals surface area contributed by atoms with Crippen LogP contribution in [0.2, 0.25) is 0 Å². The molecule has 4 aliphatic carbocycles. The fourth-order valence-corrected chi connectivity index (χ4v) is 19.1. The van der Waals surface area contributed by atoms with Gasteiger partial charge in [-0.15, -0.1) is 0 Å². The van der Waals surface area contributed by atoms with Crippen LogP contribution in [0.5, 0.6) is 23.0 Å². The van der Waals surface area contributed by atoms with Gasteiger partial charge in [0.05, 0.1) is 37.6 Å². The first-order valence-corrected chi connectivity index (χ1v) is 27.8. The normalized spacial score (nSPS) is 18.5. The smallest absolute Gasteiger partial charge is 0.131 e. The third-order valence-electron chi connectivity index (χ3n) is 13.9. The molecule has 0 aliphatic heterocycles. The zero-order valence-electron chi connectivity index (χ0n) is 39.2. The number of ether oxygens (including phenoxy) is 4. The molecule has 62 heavy (non-hydrogen) atoms. The highest BCUT2D eigenvalue weighted by Crippen LogP contribution is 2.58. The van der Waals surface area contributed by atoms with Crippen molar-refractivity contribution in [2.24, 2.45) is 0 Å². The highest BCUT2D eigenvalue weighted by atomic mass is 31.1. The molecule has 0 bridgehead atoms. The molecule has 4 aromatic carbocycles. The van der Waals surface area contributed by atoms with E-state index < -0.39 is 0 Å². The molecule has 0 aromatic heterocycles. The standard InChI is InChI=1S/C30H43O2P.C26H35O2P/c1-22(2)31-27-19-13-20-28(32-23(3)4)30(27)26-18-11-12-21-29(26)33(24-14-7-5-8-15-24)25-16-9-6-10-17-25;1-27-23-17-11-18-24(28-2)26(23)22-16-9-10-19-25(22)29(20-12-5-3-6-13-20)21-14-7-4-8-15-21/h11-13,18-25H,5-10,14-17H2,1-4H3;9-11,16-21H,3-8,12-15H2,1-2H3. The summed E-state index contributed by atoms with van der Waals surface area (Å²) in [7, 11) is 3.14. The number of rotatable bonds is 14. The van der Waals surface area contributed by atoms with Gasteiger partial charge < -0.3 is 18.9 Å². The fraction of sp³-hybridized carbons (Fsp3) is 0.571. The van der Waals surface area contributed by atoms with Crippen LogP contribution < -0.4 is 29.6 Å². The van der Waals surface area contributed by atoms with Crippen molar-refractivity contribution in [3.8, 4) is 45.3 Å². The first kappa shape index (κ1) is 46.9. The molecule has 0 unspecified atom stereocenters. The van der Waals surface area contributed by atoms with Crippen molar-refractivity contribution in [1.29, 1.82) is 0 Å². The Kier molecular flexibility index (Phi) is 18.0. The molecule has 4 fully saturated rings. The lowest BCUT2D eigenvalue weighted by molar-refractivity contribution is 0.231. The lowest BCUT2D eigenvalue weighted by Crippen LogP contribution is -2.27. The van der Waals surface area contributed by atoms with Gasteiger partial charge in [-0.05, 0) is 148 Å². The monoisotopic (exact) mass is 877 g/mol. The summed E-state index contributed by atoms with van der Waals surface area (Å²) in [6.45, 7) is 8.45. The maximum atomic E-state index is 6.37. The number of hydrogen-bond donors (Lipinski definition) is 0. The summed E-state index contributed by atoms with van der Waals surface area (Å²) in [6.07, 6.45) is 28.6. The van der Waals surface area contributed by atoms with E-state index >= 15 is 0 Å². The summed E-state index contributed by atoms with van der Waals surface area (Å²) >= 11 is 0. The quantitative estimate of drug-likeness (QED) is 0.118. The molecule has 4 saturated carbocycles. The third-order valence-corrected chi connectivity index (χ3v) is 21.0. The van der Waals surface area contributed by atoms with Gasteiger partial charge in [0.2, 0.25) is 0 Å². The van der Waals surface area contributed by atoms with Crippen LogP contribution in [0.4, 0.5) is 0 Å². The van der Waals surface area contributed by atoms with Crippen molar-refractivity contribution in [1.82, 2.24) is 0 Å². The van der Waals surface area contributed by atoms with Gasteiger partial charge >= 0.3 is 0 Å². The van der Waals surface area contributed by atoms with E-state index in [0.29, 0.717) is 0 Å². The molecule has 0 radical (unpaired) electrons. The van der Waals surface area contributed by atoms with Crippen molar-refractivity contribution in [2.75, 3.05) is 14.2 Å². The first-order valence-electron chi connectivity index (χ1n) is 24.8. The van der Waals surface area contributed by atoms with E-state index in [4.69, 9.17) is 18.9 Å². The first-order chi connectivity index (χ1) is 30.4. The largest absolute Gasteiger partial charge is 0.496 e. The Morgan fingerprint density at radius 3 is 0.968 bits per heavy atom. The molecule has 4 aliphatic rings. The molecule has 4 aromatic rings. The second-order valence-corrected chi connectivity index (χ2v) is 24.5. The third kappa shape index (κ3) is 11.8. The second kappa shape index (κ2) is 23.7. The molecule has 0 spiro atoms. The molecular weight excluding hydrogens is 799 g/mol. The predicted octanol–water partition coefficient (Wildman–Crippen LogP) is 15.8. The van der Waals surface area contributed by atoms with Crippen molar-refractivity contribution in [3.05, 3.63) is 84.9 Å². The van der Waals surface area contributed by atoms with Crippen LogP contribution in [-0.4, -0.2) is 49.1 Å². The maximum Gasteiger partial charge on any atom is 0.131 e. The molecule has 0 heterocycles. The molecule has 8 rings (SSSR count). The number of benzene rings is 4. The summed E-state index contributed by atoms with van der Waals surface area (Å²) in [5.74, 6) is 3.74. The highest BCUT2D eigenvalue weighted by Gasteiger charge is 2.36. The summed E-state index contributed by atoms with van der Waals surface area (Å²) in [4.78, 5) is 0. The van der Waals surface area contributed by atoms with Crippen molar-refractivity contribution in [2.45, 2.75) is 191 Å². The topological polar surface area (TPSA) is 36.9 Å². The van der Waals surface area contributed by atoms with Crippen molar-refractivity contribution >= 4 is 26.5 Å². The van der Waals surface area contributed by atoms with Crippen molar-refractivity contribution in [3.63, 3.8) is 0 Å². The zero-order chi connectivity index (χ0) is 43.3. The molecule has 0 atom stereocenters. The Labute approximate surface area is 379 Å². The average Bonchev–Trinajstić information content (AvgIpc) is 3.31. The molecular formula is C56H78O4P2. The van der Waals surface area contributed by atoms with E-state index in [1.807, 2.05) is 6.07 Å². The van der Waals surface area contributed by atoms with E-state index in [1.54, 1.807) is 24.8 Å². The summed E-state index contributed by atoms with van der Waals surface area (Å²) in [5, 5.41) is 3.18. The predicted molar refractivity (Wildman–Crippen MR) is 269 cm³/mol. The summed E-state index contributed by atoms with van der Waals surface area (Å²) in [5.41, 5.74) is 8.47. The summed E-state index contributed by atoms with van der Waals surface area (Å²) < 4.78 is 24.3. The Balaban J connectivity index is 0.000000188. The van der Waals surface area contributed by atoms with Gasteiger partial charge in [0.1, 0.15) is 23.0 Å². The van der Waals surface area contributed by atoms with Gasteiger partial charge in [0.25, 0.3) is 0 Å². The minimum Gasteiger partial charge on any atom is -0.496 e. The van der Waals surface area contributed by atoms with E-state index in [1.165, 1.54) is 140 Å². The van der Waals surface area contributed by atoms with Crippen LogP contribution >= 0.6 is 15.8 Å². The van der Waals surface area contributed by atoms with Crippen molar-refractivity contribution < 1.29 is 18.9 Å². The fourth-order valence-electron chi connectivity index (χ4n) is 11.2. The summed E-state index contributed by atoms with van der Waals surface area (Å²) in [6, 6.07) is 30.9. The molecule has 6 heteroatoms. The van der Waals surface area contributed by atoms with Crippen LogP contribution in [0.1, 0.15) is 156 Å². The molecule has 0 amide bonds. The second-order valence-electron chi connectivity index (χ2n) is 19.0.